The molecule has 3 N–H and O–H groups in total. The molecule has 0 aromatic carbocycles. The van der Waals surface area contributed by atoms with Crippen LogP contribution in [0.1, 0.15) is 31.0 Å². The summed E-state index contributed by atoms with van der Waals surface area (Å²) < 4.78 is 0. The summed E-state index contributed by atoms with van der Waals surface area (Å²) in [5, 5.41) is 2.71. The Bertz CT molecular complexity index is 507. The van der Waals surface area contributed by atoms with Crippen molar-refractivity contribution in [3.63, 3.8) is 0 Å². The number of aryl methyl sites for hydroxylation is 1. The maximum atomic E-state index is 5.52. The van der Waals surface area contributed by atoms with Crippen LogP contribution in [0.5, 0.6) is 0 Å². The van der Waals surface area contributed by atoms with E-state index in [-0.39, 0.29) is 0 Å². The third-order valence-electron chi connectivity index (χ3n) is 2.47. The molecule has 0 bridgehead atoms. The van der Waals surface area contributed by atoms with E-state index in [9.17, 15) is 0 Å². The topological polar surface area (TPSA) is 76.7 Å². The fourth-order valence-corrected chi connectivity index (χ4v) is 2.38. The van der Waals surface area contributed by atoms with Gasteiger partial charge in [-0.25, -0.2) is 20.8 Å². The molecule has 17 heavy (non-hydrogen) atoms. The van der Waals surface area contributed by atoms with Crippen LogP contribution in [0, 0.1) is 6.92 Å². The van der Waals surface area contributed by atoms with Crippen LogP contribution in [0.15, 0.2) is 11.6 Å². The number of nitrogen functional groups attached to an aromatic ring is 1. The molecule has 0 aliphatic rings. The molecule has 0 saturated heterocycles. The number of hydrogen-bond donors (Lipinski definition) is 2. The van der Waals surface area contributed by atoms with E-state index < -0.39 is 0 Å². The molecule has 0 aliphatic heterocycles. The number of nitrogens with one attached hydrogen (secondary N) is 1. The van der Waals surface area contributed by atoms with E-state index in [1.54, 1.807) is 6.20 Å². The van der Waals surface area contributed by atoms with Gasteiger partial charge in [0.05, 0.1) is 0 Å². The number of rotatable bonds is 3. The van der Waals surface area contributed by atoms with Crippen LogP contribution in [0.3, 0.4) is 0 Å². The van der Waals surface area contributed by atoms with Gasteiger partial charge in [-0.1, -0.05) is 13.8 Å². The van der Waals surface area contributed by atoms with Crippen molar-refractivity contribution in [2.75, 3.05) is 5.43 Å². The van der Waals surface area contributed by atoms with Crippen molar-refractivity contribution in [2.45, 2.75) is 26.7 Å². The molecule has 0 amide bonds. The number of nitrogens with two attached hydrogens (primary N) is 1. The summed E-state index contributed by atoms with van der Waals surface area (Å²) in [6.07, 6.45) is 1.74. The van der Waals surface area contributed by atoms with Gasteiger partial charge in [-0.3, -0.25) is 0 Å². The minimum atomic E-state index is 0.325. The lowest BCUT2D eigenvalue weighted by atomic mass is 10.0. The summed E-state index contributed by atoms with van der Waals surface area (Å²) in [7, 11) is 0. The van der Waals surface area contributed by atoms with Crippen molar-refractivity contribution in [2.24, 2.45) is 5.84 Å². The molecule has 5 nitrogen and oxygen atoms in total. The van der Waals surface area contributed by atoms with Gasteiger partial charge in [0.2, 0.25) is 0 Å². The number of nitrogens with zero attached hydrogens (tertiary/aromatic N) is 3. The second-order valence-electron chi connectivity index (χ2n) is 4.03. The summed E-state index contributed by atoms with van der Waals surface area (Å²) in [6.45, 7) is 6.15. The lowest BCUT2D eigenvalue weighted by Crippen LogP contribution is -2.14. The summed E-state index contributed by atoms with van der Waals surface area (Å²) >= 11 is 1.51. The van der Waals surface area contributed by atoms with Crippen LogP contribution in [0.2, 0.25) is 0 Å². The first-order valence-electron chi connectivity index (χ1n) is 5.38. The second kappa shape index (κ2) is 4.77. The molecule has 0 atom stereocenters. The number of hydrogen-bond acceptors (Lipinski definition) is 6. The Morgan fingerprint density at radius 2 is 2.12 bits per heavy atom. The van der Waals surface area contributed by atoms with Gasteiger partial charge in [0, 0.05) is 22.8 Å². The first-order chi connectivity index (χ1) is 8.13. The lowest BCUT2D eigenvalue weighted by Gasteiger charge is -2.14. The van der Waals surface area contributed by atoms with Gasteiger partial charge >= 0.3 is 0 Å². The zero-order chi connectivity index (χ0) is 12.4. The van der Waals surface area contributed by atoms with Crippen molar-refractivity contribution in [1.29, 1.82) is 0 Å². The molecule has 0 saturated carbocycles. The number of aromatic nitrogens is 3. The molecule has 2 heterocycles. The predicted octanol–water partition coefficient (Wildman–Crippen LogP) is 2.32. The van der Waals surface area contributed by atoms with Crippen LogP contribution in [-0.4, -0.2) is 15.0 Å². The monoisotopic (exact) mass is 249 g/mol. The number of anilines is 1. The molecular weight excluding hydrogens is 234 g/mol. The van der Waals surface area contributed by atoms with Gasteiger partial charge < -0.3 is 5.43 Å². The molecule has 2 aromatic heterocycles. The van der Waals surface area contributed by atoms with E-state index in [0.29, 0.717) is 17.6 Å². The van der Waals surface area contributed by atoms with Crippen LogP contribution in [0.25, 0.3) is 10.8 Å². The average Bonchev–Trinajstić information content (AvgIpc) is 2.80. The molecule has 2 rings (SSSR count). The third-order valence-corrected chi connectivity index (χ3v) is 3.24. The Morgan fingerprint density at radius 3 is 2.65 bits per heavy atom. The quantitative estimate of drug-likeness (QED) is 0.645. The third kappa shape index (κ3) is 2.27. The second-order valence-corrected chi connectivity index (χ2v) is 4.93. The maximum absolute atomic E-state index is 5.52. The van der Waals surface area contributed by atoms with E-state index >= 15 is 0 Å². The normalized spacial score (nSPS) is 10.9. The van der Waals surface area contributed by atoms with Crippen LogP contribution in [0.4, 0.5) is 5.82 Å². The number of thiazole rings is 1. The molecule has 2 aromatic rings. The van der Waals surface area contributed by atoms with Gasteiger partial charge in [0.25, 0.3) is 0 Å². The highest BCUT2D eigenvalue weighted by molar-refractivity contribution is 7.13. The van der Waals surface area contributed by atoms with Gasteiger partial charge in [0.15, 0.2) is 10.8 Å². The Labute approximate surface area is 104 Å². The van der Waals surface area contributed by atoms with Crippen LogP contribution < -0.4 is 11.3 Å². The van der Waals surface area contributed by atoms with Gasteiger partial charge in [0.1, 0.15) is 5.82 Å². The fraction of sp³-hybridized carbons (Fsp3) is 0.364. The molecule has 90 valence electrons. The SMILES string of the molecule is Cc1nc(-c2nccs2)nc(NN)c1C(C)C. The highest BCUT2D eigenvalue weighted by Crippen LogP contribution is 2.28. The minimum Gasteiger partial charge on any atom is -0.308 e. The lowest BCUT2D eigenvalue weighted by molar-refractivity contribution is 0.831. The Kier molecular flexibility index (Phi) is 3.35. The average molecular weight is 249 g/mol. The van der Waals surface area contributed by atoms with E-state index in [4.69, 9.17) is 5.84 Å². The van der Waals surface area contributed by atoms with Crippen LogP contribution in [-0.2, 0) is 0 Å². The number of hydrazine groups is 1. The summed E-state index contributed by atoms with van der Waals surface area (Å²) in [6, 6.07) is 0. The molecule has 0 fully saturated rings. The maximum Gasteiger partial charge on any atom is 0.190 e. The standard InChI is InChI=1S/C11H15N5S/c1-6(2)8-7(3)14-10(15-9(8)16-12)11-13-4-5-17-11/h4-6H,12H2,1-3H3,(H,14,15,16). The minimum absolute atomic E-state index is 0.325. The Balaban J connectivity index is 2.56. The van der Waals surface area contributed by atoms with Gasteiger partial charge in [-0.2, -0.15) is 0 Å². The molecular formula is C11H15N5S. The highest BCUT2D eigenvalue weighted by atomic mass is 32.1. The summed E-state index contributed by atoms with van der Waals surface area (Å²) in [5.41, 5.74) is 4.63. The van der Waals surface area contributed by atoms with Gasteiger partial charge in [-0.05, 0) is 12.8 Å². The molecule has 0 radical (unpaired) electrons. The van der Waals surface area contributed by atoms with E-state index in [2.05, 4.69) is 34.2 Å². The smallest absolute Gasteiger partial charge is 0.190 e. The molecule has 6 heteroatoms. The first-order valence-corrected chi connectivity index (χ1v) is 6.26. The van der Waals surface area contributed by atoms with E-state index in [1.165, 1.54) is 11.3 Å². The van der Waals surface area contributed by atoms with Crippen molar-refractivity contribution in [3.8, 4) is 10.8 Å². The molecule has 0 unspecified atom stereocenters. The zero-order valence-corrected chi connectivity index (χ0v) is 10.9. The van der Waals surface area contributed by atoms with Crippen molar-refractivity contribution in [1.82, 2.24) is 15.0 Å². The van der Waals surface area contributed by atoms with Crippen LogP contribution >= 0.6 is 11.3 Å². The van der Waals surface area contributed by atoms with Crippen molar-refractivity contribution in [3.05, 3.63) is 22.8 Å². The molecule has 0 spiro atoms. The Morgan fingerprint density at radius 1 is 1.35 bits per heavy atom. The highest BCUT2D eigenvalue weighted by Gasteiger charge is 2.15. The zero-order valence-electron chi connectivity index (χ0n) is 10.1. The van der Waals surface area contributed by atoms with E-state index in [1.807, 2.05) is 12.3 Å². The van der Waals surface area contributed by atoms with Crippen molar-refractivity contribution < 1.29 is 0 Å². The molecule has 0 aliphatic carbocycles. The predicted molar refractivity (Wildman–Crippen MR) is 69.8 cm³/mol. The van der Waals surface area contributed by atoms with E-state index in [0.717, 1.165) is 16.3 Å². The van der Waals surface area contributed by atoms with Crippen molar-refractivity contribution >= 4 is 17.2 Å². The first kappa shape index (κ1) is 11.9. The summed E-state index contributed by atoms with van der Waals surface area (Å²) in [5.74, 6) is 7.15. The van der Waals surface area contributed by atoms with Gasteiger partial charge in [-0.15, -0.1) is 11.3 Å². The fourth-order valence-electron chi connectivity index (χ4n) is 1.81. The summed E-state index contributed by atoms with van der Waals surface area (Å²) in [4.78, 5) is 13.1. The largest absolute Gasteiger partial charge is 0.308 e. The Hall–Kier alpha value is -1.53.